The maximum Gasteiger partial charge on any atom is 0.236 e. The van der Waals surface area contributed by atoms with Crippen LogP contribution in [0.15, 0.2) is 46.0 Å². The van der Waals surface area contributed by atoms with Crippen LogP contribution < -0.4 is 9.48 Å². The quantitative estimate of drug-likeness (QED) is 0.438. The van der Waals surface area contributed by atoms with Gasteiger partial charge in [0.05, 0.1) is 9.40 Å². The molecule has 27 heavy (non-hydrogen) atoms. The topological polar surface area (TPSA) is 34.1 Å². The van der Waals surface area contributed by atoms with Crippen molar-refractivity contribution in [3.63, 3.8) is 0 Å². The summed E-state index contributed by atoms with van der Waals surface area (Å²) in [5.41, 5.74) is 0.357. The molecule has 4 rings (SSSR count). The van der Waals surface area contributed by atoms with Crippen molar-refractivity contribution in [1.82, 2.24) is 0 Å². The lowest BCUT2D eigenvalue weighted by atomic mass is 10.1. The molecule has 0 saturated heterocycles. The maximum atomic E-state index is 13.8. The van der Waals surface area contributed by atoms with Gasteiger partial charge in [0.15, 0.2) is 0 Å². The summed E-state index contributed by atoms with van der Waals surface area (Å²) in [6.45, 7) is 0. The van der Waals surface area contributed by atoms with Crippen LogP contribution in [0.2, 0.25) is 0 Å². The average Bonchev–Trinajstić information content (AvgIpc) is 2.58. The molecule has 4 aromatic rings. The van der Waals surface area contributed by atoms with E-state index in [1.807, 2.05) is 0 Å². The molecule has 0 amide bonds. The van der Waals surface area contributed by atoms with Crippen LogP contribution in [0.4, 0.5) is 17.6 Å². The Hall–Kier alpha value is -2.58. The van der Waals surface area contributed by atoms with E-state index in [-0.39, 0.29) is 37.7 Å². The van der Waals surface area contributed by atoms with Gasteiger partial charge in [-0.15, -0.1) is 0 Å². The molecule has 0 N–H and O–H groups in total. The molecule has 2 nitrogen and oxygen atoms in total. The summed E-state index contributed by atoms with van der Waals surface area (Å²) in [7, 11) is 0. The van der Waals surface area contributed by atoms with Gasteiger partial charge in [0, 0.05) is 29.7 Å². The first kappa shape index (κ1) is 17.8. The molecule has 0 fully saturated rings. The van der Waals surface area contributed by atoms with E-state index in [4.69, 9.17) is 0 Å². The third-order valence-electron chi connectivity index (χ3n) is 4.03. The largest absolute Gasteiger partial charge is 0.278 e. The Bertz CT molecular complexity index is 1240. The highest BCUT2D eigenvalue weighted by Gasteiger charge is 2.14. The molecule has 0 aliphatic carbocycles. The summed E-state index contributed by atoms with van der Waals surface area (Å²) < 4.78 is 53.6. The maximum absolute atomic E-state index is 13.8. The summed E-state index contributed by atoms with van der Waals surface area (Å²) in [4.78, 5) is 24.6. The minimum atomic E-state index is -0.831. The smallest absolute Gasteiger partial charge is 0.236 e. The van der Waals surface area contributed by atoms with Crippen molar-refractivity contribution in [2.75, 3.05) is 0 Å². The van der Waals surface area contributed by atoms with Gasteiger partial charge in [-0.2, -0.15) is 0 Å². The summed E-state index contributed by atoms with van der Waals surface area (Å²) in [6.07, 6.45) is -0.104. The van der Waals surface area contributed by atoms with Crippen LogP contribution >= 0.6 is 22.7 Å². The van der Waals surface area contributed by atoms with Crippen molar-refractivity contribution in [3.05, 3.63) is 89.9 Å². The van der Waals surface area contributed by atoms with Gasteiger partial charge in [0.1, 0.15) is 23.3 Å². The molecule has 0 radical (unpaired) electrons. The van der Waals surface area contributed by atoms with Crippen molar-refractivity contribution >= 4 is 42.8 Å². The van der Waals surface area contributed by atoms with Gasteiger partial charge < -0.3 is 0 Å². The second-order valence-electron chi connectivity index (χ2n) is 5.91. The average molecular weight is 408 g/mol. The van der Waals surface area contributed by atoms with E-state index in [0.717, 1.165) is 12.1 Å². The van der Waals surface area contributed by atoms with Crippen LogP contribution in [-0.2, 0) is 6.42 Å². The Labute approximate surface area is 157 Å². The van der Waals surface area contributed by atoms with E-state index < -0.39 is 32.8 Å². The van der Waals surface area contributed by atoms with Gasteiger partial charge >= 0.3 is 0 Å². The predicted octanol–water partition coefficient (Wildman–Crippen LogP) is 4.98. The first-order valence-electron chi connectivity index (χ1n) is 7.65. The Morgan fingerprint density at radius 3 is 1.44 bits per heavy atom. The van der Waals surface area contributed by atoms with Crippen LogP contribution in [0.3, 0.4) is 0 Å². The number of halogens is 4. The lowest BCUT2D eigenvalue weighted by Crippen LogP contribution is -2.11. The van der Waals surface area contributed by atoms with Crippen LogP contribution in [0.25, 0.3) is 20.2 Å². The molecule has 2 aromatic carbocycles. The molecule has 0 unspecified atom stereocenters. The highest BCUT2D eigenvalue weighted by atomic mass is 32.1. The third-order valence-corrected chi connectivity index (χ3v) is 6.19. The fourth-order valence-electron chi connectivity index (χ4n) is 2.85. The molecule has 2 aromatic heterocycles. The molecular weight excluding hydrogens is 400 g/mol. The summed E-state index contributed by atoms with van der Waals surface area (Å²) in [5.74, 6) is -3.22. The molecular formula is C19H8F4O2S2. The molecule has 0 spiro atoms. The molecule has 0 atom stereocenters. The highest BCUT2D eigenvalue weighted by Crippen LogP contribution is 2.25. The minimum absolute atomic E-state index is 0.0259. The Balaban J connectivity index is 1.87. The summed E-state index contributed by atoms with van der Waals surface area (Å²) >= 11 is 1.24. The lowest BCUT2D eigenvalue weighted by molar-refractivity contribution is 0.592. The third kappa shape index (κ3) is 3.26. The van der Waals surface area contributed by atoms with Crippen molar-refractivity contribution in [3.8, 4) is 0 Å². The highest BCUT2D eigenvalue weighted by molar-refractivity contribution is 7.16. The van der Waals surface area contributed by atoms with Crippen molar-refractivity contribution < 1.29 is 17.6 Å². The van der Waals surface area contributed by atoms with E-state index >= 15 is 0 Å². The van der Waals surface area contributed by atoms with Gasteiger partial charge in [0.25, 0.3) is 0 Å². The van der Waals surface area contributed by atoms with Gasteiger partial charge in [-0.25, -0.2) is 17.6 Å². The number of benzene rings is 2. The van der Waals surface area contributed by atoms with Crippen molar-refractivity contribution in [1.29, 1.82) is 0 Å². The molecule has 2 heterocycles. The van der Waals surface area contributed by atoms with Crippen LogP contribution in [0.5, 0.6) is 0 Å². The van der Waals surface area contributed by atoms with Crippen LogP contribution in [0, 0.1) is 23.3 Å². The fourth-order valence-corrected chi connectivity index (χ4v) is 4.53. The molecule has 0 aliphatic heterocycles. The predicted molar refractivity (Wildman–Crippen MR) is 98.8 cm³/mol. The van der Waals surface area contributed by atoms with E-state index in [1.165, 1.54) is 12.1 Å². The van der Waals surface area contributed by atoms with E-state index in [2.05, 4.69) is 0 Å². The number of rotatable bonds is 2. The van der Waals surface area contributed by atoms with E-state index in [1.54, 1.807) is 0 Å². The second kappa shape index (κ2) is 6.54. The molecule has 136 valence electrons. The molecule has 0 bridgehead atoms. The first-order chi connectivity index (χ1) is 12.8. The Kier molecular flexibility index (Phi) is 4.32. The van der Waals surface area contributed by atoms with Gasteiger partial charge in [0.2, 0.25) is 9.48 Å². The normalized spacial score (nSPS) is 11.4. The number of hydrogen-bond acceptors (Lipinski definition) is 4. The van der Waals surface area contributed by atoms with E-state index in [0.29, 0.717) is 34.8 Å². The lowest BCUT2D eigenvalue weighted by Gasteiger charge is -2.05. The van der Waals surface area contributed by atoms with Gasteiger partial charge in [-0.1, -0.05) is 22.7 Å². The zero-order chi connectivity index (χ0) is 19.3. The molecule has 0 saturated carbocycles. The van der Waals surface area contributed by atoms with Crippen molar-refractivity contribution in [2.24, 2.45) is 0 Å². The van der Waals surface area contributed by atoms with Crippen molar-refractivity contribution in [2.45, 2.75) is 6.42 Å². The number of hydrogen-bond donors (Lipinski definition) is 0. The Morgan fingerprint density at radius 2 is 1.04 bits per heavy atom. The monoisotopic (exact) mass is 408 g/mol. The Morgan fingerprint density at radius 1 is 0.630 bits per heavy atom. The standard InChI is InChI=1S/C19H8F4O2S2/c20-12-4-8-1-10(18(24)26-16(8)14(22)6-12)3-11-2-9-5-13(21)7-15(23)17(9)27-19(11)25/h1-2,4-7H,3H2. The SMILES string of the molecule is O=c1sc2c(F)cc(F)cc2cc1Cc1cc2cc(F)cc(F)c2sc1=O. The minimum Gasteiger partial charge on any atom is -0.278 e. The van der Waals surface area contributed by atoms with Crippen LogP contribution in [0.1, 0.15) is 11.1 Å². The zero-order valence-corrected chi connectivity index (χ0v) is 14.9. The molecule has 8 heteroatoms. The van der Waals surface area contributed by atoms with Crippen LogP contribution in [-0.4, -0.2) is 0 Å². The fraction of sp³-hybridized carbons (Fsp3) is 0.0526. The number of fused-ring (bicyclic) bond motifs is 2. The van der Waals surface area contributed by atoms with E-state index in [9.17, 15) is 27.2 Å². The zero-order valence-electron chi connectivity index (χ0n) is 13.3. The first-order valence-corrected chi connectivity index (χ1v) is 9.28. The second-order valence-corrected chi connectivity index (χ2v) is 7.87. The van der Waals surface area contributed by atoms with Gasteiger partial charge in [-0.05, 0) is 35.0 Å². The molecule has 0 aliphatic rings. The van der Waals surface area contributed by atoms with Gasteiger partial charge in [-0.3, -0.25) is 9.59 Å². The summed E-state index contributed by atoms with van der Waals surface area (Å²) in [5, 5.41) is 0.419. The summed E-state index contributed by atoms with van der Waals surface area (Å²) in [6, 6.07) is 6.26.